The number of rotatable bonds is 0. The van der Waals surface area contributed by atoms with Gasteiger partial charge in [-0.1, -0.05) is 29.8 Å². The molecule has 0 saturated carbocycles. The predicted octanol–water partition coefficient (Wildman–Crippen LogP) is 3.78. The number of anilines is 1. The van der Waals surface area contributed by atoms with Crippen LogP contribution in [-0.4, -0.2) is 18.1 Å². The second-order valence-electron chi connectivity index (χ2n) is 5.79. The first-order chi connectivity index (χ1) is 11.3. The normalized spacial score (nSPS) is 22.0. The molecule has 2 heterocycles. The quantitative estimate of drug-likeness (QED) is 0.687. The van der Waals surface area contributed by atoms with E-state index < -0.39 is 18.1 Å². The summed E-state index contributed by atoms with van der Waals surface area (Å²) in [6.45, 7) is 1.76. The molecule has 0 fully saturated rings. The zero-order chi connectivity index (χ0) is 17.1. The molecule has 0 amide bonds. The number of ether oxygens (including phenoxy) is 2. The van der Waals surface area contributed by atoms with Crippen LogP contribution < -0.4 is 9.64 Å². The predicted molar refractivity (Wildman–Crippen MR) is 78.6 cm³/mol. The summed E-state index contributed by atoms with van der Waals surface area (Å²) in [4.78, 5) is 13.1. The van der Waals surface area contributed by atoms with Gasteiger partial charge in [0.15, 0.2) is 0 Å². The van der Waals surface area contributed by atoms with Crippen LogP contribution >= 0.6 is 0 Å². The fraction of sp³-hybridized carbons (Fsp3) is 0.235. The van der Waals surface area contributed by atoms with E-state index in [9.17, 15) is 18.0 Å². The van der Waals surface area contributed by atoms with E-state index in [2.05, 4.69) is 0 Å². The van der Waals surface area contributed by atoms with Gasteiger partial charge in [0.2, 0.25) is 0 Å². The van der Waals surface area contributed by atoms with Gasteiger partial charge < -0.3 is 9.47 Å². The van der Waals surface area contributed by atoms with Crippen LogP contribution in [-0.2, 0) is 11.3 Å². The summed E-state index contributed by atoms with van der Waals surface area (Å²) in [6.07, 6.45) is -4.93. The molecule has 2 aliphatic heterocycles. The molecule has 0 unspecified atom stereocenters. The van der Waals surface area contributed by atoms with E-state index in [-0.39, 0.29) is 23.5 Å². The number of para-hydroxylation sites is 1. The summed E-state index contributed by atoms with van der Waals surface area (Å²) in [7, 11) is 0. The Kier molecular flexibility index (Phi) is 2.88. The number of carbonyl (C=O) groups excluding carboxylic acids is 1. The summed E-state index contributed by atoms with van der Waals surface area (Å²) >= 11 is 0. The van der Waals surface area contributed by atoms with E-state index in [4.69, 9.17) is 9.47 Å². The maximum atomic E-state index is 13.9. The minimum atomic E-state index is -4.93. The number of benzene rings is 2. The Morgan fingerprint density at radius 1 is 1.12 bits per heavy atom. The number of fused-ring (bicyclic) bond motifs is 4. The van der Waals surface area contributed by atoms with Crippen LogP contribution in [0.4, 0.5) is 18.9 Å². The highest BCUT2D eigenvalue weighted by atomic mass is 19.4. The number of carbonyl (C=O) groups is 1. The van der Waals surface area contributed by atoms with Crippen LogP contribution in [0.2, 0.25) is 0 Å². The lowest BCUT2D eigenvalue weighted by Crippen LogP contribution is -2.68. The van der Waals surface area contributed by atoms with Crippen molar-refractivity contribution >= 4 is 11.7 Å². The lowest BCUT2D eigenvalue weighted by atomic mass is 10.0. The molecule has 4 rings (SSSR count). The van der Waals surface area contributed by atoms with Crippen LogP contribution in [0.25, 0.3) is 0 Å². The van der Waals surface area contributed by atoms with E-state index in [1.807, 2.05) is 6.92 Å². The molecule has 7 heteroatoms. The third kappa shape index (κ3) is 1.90. The Labute approximate surface area is 135 Å². The van der Waals surface area contributed by atoms with E-state index in [0.717, 1.165) is 10.5 Å². The smallest absolute Gasteiger partial charge is 0.428 e. The highest BCUT2D eigenvalue weighted by molar-refractivity contribution is 5.98. The van der Waals surface area contributed by atoms with Crippen molar-refractivity contribution in [1.29, 1.82) is 0 Å². The van der Waals surface area contributed by atoms with Gasteiger partial charge in [-0.3, -0.25) is 4.90 Å². The molecule has 0 aromatic heterocycles. The van der Waals surface area contributed by atoms with E-state index in [1.54, 1.807) is 24.3 Å². The van der Waals surface area contributed by atoms with E-state index in [0.29, 0.717) is 5.56 Å². The van der Waals surface area contributed by atoms with Gasteiger partial charge in [0, 0.05) is 5.56 Å². The Morgan fingerprint density at radius 2 is 1.88 bits per heavy atom. The SMILES string of the molecule is Cc1ccc2c(c1)CN1c3ccccc3C(=O)O[C@]1(C(F)(F)F)O2. The van der Waals surface area contributed by atoms with Crippen molar-refractivity contribution in [2.24, 2.45) is 0 Å². The molecule has 0 aliphatic carbocycles. The second-order valence-corrected chi connectivity index (χ2v) is 5.79. The molecule has 24 heavy (non-hydrogen) atoms. The molecule has 2 aromatic rings. The fourth-order valence-electron chi connectivity index (χ4n) is 3.06. The standard InChI is InChI=1S/C17H12F3NO3/c1-10-6-7-14-11(8-10)9-21-13-5-3-2-4-12(13)15(22)24-17(21,23-14)16(18,19)20/h2-8H,9H2,1H3/t17-/m0/s1. The average molecular weight is 335 g/mol. The van der Waals surface area contributed by atoms with Crippen molar-refractivity contribution in [2.75, 3.05) is 4.90 Å². The number of aryl methyl sites for hydroxylation is 1. The third-order valence-electron chi connectivity index (χ3n) is 4.15. The molecule has 4 nitrogen and oxygen atoms in total. The maximum absolute atomic E-state index is 13.9. The third-order valence-corrected chi connectivity index (χ3v) is 4.15. The highest BCUT2D eigenvalue weighted by Crippen LogP contribution is 2.49. The molecule has 0 radical (unpaired) electrons. The van der Waals surface area contributed by atoms with Gasteiger partial charge in [-0.05, 0) is 25.1 Å². The Morgan fingerprint density at radius 3 is 2.62 bits per heavy atom. The average Bonchev–Trinajstić information content (AvgIpc) is 2.53. The minimum Gasteiger partial charge on any atom is -0.428 e. The van der Waals surface area contributed by atoms with Gasteiger partial charge >= 0.3 is 18.1 Å². The van der Waals surface area contributed by atoms with Crippen molar-refractivity contribution in [1.82, 2.24) is 0 Å². The molecule has 2 aromatic carbocycles. The van der Waals surface area contributed by atoms with Crippen LogP contribution in [0.1, 0.15) is 21.5 Å². The summed E-state index contributed by atoms with van der Waals surface area (Å²) < 4.78 is 51.6. The summed E-state index contributed by atoms with van der Waals surface area (Å²) in [6, 6.07) is 10.9. The van der Waals surface area contributed by atoms with Gasteiger partial charge in [0.1, 0.15) is 5.75 Å². The van der Waals surface area contributed by atoms with Gasteiger partial charge in [-0.25, -0.2) is 4.79 Å². The number of halogens is 3. The first-order valence-electron chi connectivity index (χ1n) is 7.27. The number of hydrogen-bond donors (Lipinski definition) is 0. The number of esters is 1. The second kappa shape index (κ2) is 4.66. The van der Waals surface area contributed by atoms with E-state index >= 15 is 0 Å². The van der Waals surface area contributed by atoms with Gasteiger partial charge in [0.05, 0.1) is 17.8 Å². The van der Waals surface area contributed by atoms with Crippen LogP contribution in [0.5, 0.6) is 5.75 Å². The molecular formula is C17H12F3NO3. The van der Waals surface area contributed by atoms with Crippen molar-refractivity contribution in [2.45, 2.75) is 25.6 Å². The Balaban J connectivity index is 1.95. The van der Waals surface area contributed by atoms with Crippen LogP contribution in [0, 0.1) is 6.92 Å². The molecule has 1 atom stereocenters. The zero-order valence-electron chi connectivity index (χ0n) is 12.6. The maximum Gasteiger partial charge on any atom is 0.492 e. The highest BCUT2D eigenvalue weighted by Gasteiger charge is 2.69. The molecule has 2 aliphatic rings. The topological polar surface area (TPSA) is 38.8 Å². The minimum absolute atomic E-state index is 0.0568. The van der Waals surface area contributed by atoms with Gasteiger partial charge in [-0.15, -0.1) is 0 Å². The van der Waals surface area contributed by atoms with Gasteiger partial charge in [0.25, 0.3) is 0 Å². The molecule has 124 valence electrons. The molecule has 0 bridgehead atoms. The van der Waals surface area contributed by atoms with Crippen molar-refractivity contribution in [3.05, 3.63) is 59.2 Å². The summed E-state index contributed by atoms with van der Waals surface area (Å²) in [5.41, 5.74) is 1.72. The lowest BCUT2D eigenvalue weighted by Gasteiger charge is -2.49. The number of nitrogens with zero attached hydrogens (tertiary/aromatic N) is 1. The number of alkyl halides is 3. The lowest BCUT2D eigenvalue weighted by molar-refractivity contribution is -0.337. The fourth-order valence-corrected chi connectivity index (χ4v) is 3.06. The van der Waals surface area contributed by atoms with E-state index in [1.165, 1.54) is 18.2 Å². The van der Waals surface area contributed by atoms with Crippen molar-refractivity contribution < 1.29 is 27.4 Å². The van der Waals surface area contributed by atoms with Crippen molar-refractivity contribution in [3.63, 3.8) is 0 Å². The first kappa shape index (κ1) is 14.9. The molecule has 0 N–H and O–H groups in total. The molecular weight excluding hydrogens is 323 g/mol. The zero-order valence-corrected chi connectivity index (χ0v) is 12.6. The van der Waals surface area contributed by atoms with Gasteiger partial charge in [-0.2, -0.15) is 13.2 Å². The molecule has 0 saturated heterocycles. The summed E-state index contributed by atoms with van der Waals surface area (Å²) in [5.74, 6) is -4.16. The Hall–Kier alpha value is -2.70. The van der Waals surface area contributed by atoms with Crippen LogP contribution in [0.15, 0.2) is 42.5 Å². The first-order valence-corrected chi connectivity index (χ1v) is 7.27. The van der Waals surface area contributed by atoms with Crippen LogP contribution in [0.3, 0.4) is 0 Å². The monoisotopic (exact) mass is 335 g/mol. The Bertz CT molecular complexity index is 849. The summed E-state index contributed by atoms with van der Waals surface area (Å²) in [5, 5.41) is 0. The van der Waals surface area contributed by atoms with Crippen molar-refractivity contribution in [3.8, 4) is 5.75 Å². The molecule has 0 spiro atoms. The largest absolute Gasteiger partial charge is 0.492 e. The number of hydrogen-bond acceptors (Lipinski definition) is 4.